The third-order valence-corrected chi connectivity index (χ3v) is 6.48. The minimum absolute atomic E-state index is 0.132. The first-order valence-electron chi connectivity index (χ1n) is 8.44. The van der Waals surface area contributed by atoms with E-state index in [1.54, 1.807) is 0 Å². The second-order valence-electron chi connectivity index (χ2n) is 6.85. The van der Waals surface area contributed by atoms with E-state index in [9.17, 15) is 57.8 Å². The Morgan fingerprint density at radius 3 is 1.85 bits per heavy atom. The molecule has 1 aliphatic rings. The van der Waals surface area contributed by atoms with Crippen molar-refractivity contribution in [2.75, 3.05) is 0 Å². The fourth-order valence-corrected chi connectivity index (χ4v) is 5.15. The highest BCUT2D eigenvalue weighted by Gasteiger charge is 2.87. The molecule has 0 bridgehead atoms. The molecule has 0 aliphatic heterocycles. The van der Waals surface area contributed by atoms with Crippen LogP contribution in [0.2, 0.25) is 0 Å². The lowest BCUT2D eigenvalue weighted by atomic mass is 9.62. The van der Waals surface area contributed by atoms with Crippen LogP contribution >= 0.6 is 15.9 Å². The fraction of sp³-hybridized carbons (Fsp3) is 0.389. The summed E-state index contributed by atoms with van der Waals surface area (Å²) in [6.07, 6.45) is -16.1. The Labute approximate surface area is 193 Å². The van der Waals surface area contributed by atoms with Crippen molar-refractivity contribution in [1.29, 1.82) is 5.26 Å². The van der Waals surface area contributed by atoms with Gasteiger partial charge in [-0.3, -0.25) is 0 Å². The van der Waals surface area contributed by atoms with Crippen LogP contribution in [0.15, 0.2) is 45.8 Å². The number of nitriles is 1. The zero-order chi connectivity index (χ0) is 26.5. The number of nitrogens with zero attached hydrogens (tertiary/aromatic N) is 1. The molecule has 0 aromatic heterocycles. The summed E-state index contributed by atoms with van der Waals surface area (Å²) in [4.78, 5) is -1.64. The van der Waals surface area contributed by atoms with Gasteiger partial charge in [0.25, 0.3) is 5.67 Å². The van der Waals surface area contributed by atoms with Gasteiger partial charge in [-0.1, -0.05) is 46.3 Å². The zero-order valence-corrected chi connectivity index (χ0v) is 18.3. The predicted molar refractivity (Wildman–Crippen MR) is 97.6 cm³/mol. The second-order valence-corrected chi connectivity index (χ2v) is 9.39. The predicted octanol–water partition coefficient (Wildman–Crippen LogP) is 7.10. The van der Waals surface area contributed by atoms with Crippen LogP contribution in [0, 0.1) is 11.3 Å². The second kappa shape index (κ2) is 8.58. The molecule has 3 atom stereocenters. The number of alkyl halides is 12. The number of benzene rings is 1. The van der Waals surface area contributed by atoms with E-state index in [1.807, 2.05) is 0 Å². The van der Waals surface area contributed by atoms with E-state index in [2.05, 4.69) is 15.9 Å². The van der Waals surface area contributed by atoms with Crippen LogP contribution in [0.1, 0.15) is 17.5 Å². The van der Waals surface area contributed by atoms with Crippen LogP contribution in [0.25, 0.3) is 0 Å². The first-order valence-corrected chi connectivity index (χ1v) is 10.4. The van der Waals surface area contributed by atoms with Gasteiger partial charge in [0, 0.05) is 11.3 Å². The van der Waals surface area contributed by atoms with Gasteiger partial charge in [0.1, 0.15) is 0 Å². The summed E-state index contributed by atoms with van der Waals surface area (Å²) >= 11 is 2.44. The number of rotatable bonds is 4. The average Bonchev–Trinajstić information content (AvgIpc) is 2.69. The minimum atomic E-state index is -7.26. The lowest BCUT2D eigenvalue weighted by molar-refractivity contribution is -0.392. The molecule has 16 heteroatoms. The molecule has 3 unspecified atom stereocenters. The molecule has 34 heavy (non-hydrogen) atoms. The van der Waals surface area contributed by atoms with E-state index in [1.165, 1.54) is 6.07 Å². The molecule has 2 rings (SSSR count). The van der Waals surface area contributed by atoms with Crippen LogP contribution in [0.3, 0.4) is 0 Å². The molecule has 0 spiro atoms. The SMILES string of the molecule is N#Cc1ccccc1C1(C(F)(C(F)(F)F)C(F)(F)C(F)(F)F)C=C(Br)CC(S(=O)C(F)(F)F)=C1. The van der Waals surface area contributed by atoms with Crippen molar-refractivity contribution in [3.8, 4) is 6.07 Å². The van der Waals surface area contributed by atoms with Gasteiger partial charge in [0.15, 0.2) is 10.8 Å². The third kappa shape index (κ3) is 4.25. The van der Waals surface area contributed by atoms with E-state index in [0.29, 0.717) is 12.1 Å². The van der Waals surface area contributed by atoms with E-state index < -0.39 is 78.7 Å². The van der Waals surface area contributed by atoms with Crippen molar-refractivity contribution >= 4 is 26.7 Å². The fourth-order valence-electron chi connectivity index (χ4n) is 3.43. The molecule has 2 nitrogen and oxygen atoms in total. The number of allylic oxidation sites excluding steroid dienone is 4. The van der Waals surface area contributed by atoms with Gasteiger partial charge in [-0.25, -0.2) is 8.60 Å². The van der Waals surface area contributed by atoms with E-state index >= 15 is 4.39 Å². The van der Waals surface area contributed by atoms with Crippen molar-refractivity contribution in [3.63, 3.8) is 0 Å². The highest BCUT2D eigenvalue weighted by molar-refractivity contribution is 9.11. The smallest absolute Gasteiger partial charge is 0.246 e. The third-order valence-electron chi connectivity index (χ3n) is 4.81. The lowest BCUT2D eigenvalue weighted by Crippen LogP contribution is -2.71. The molecule has 0 heterocycles. The topological polar surface area (TPSA) is 40.9 Å². The number of halogens is 13. The molecule has 1 aliphatic carbocycles. The van der Waals surface area contributed by atoms with Crippen LogP contribution in [0.5, 0.6) is 0 Å². The van der Waals surface area contributed by atoms with Crippen molar-refractivity contribution in [3.05, 3.63) is 56.9 Å². The lowest BCUT2D eigenvalue weighted by Gasteiger charge is -2.48. The van der Waals surface area contributed by atoms with Gasteiger partial charge in [0.05, 0.1) is 17.0 Å². The van der Waals surface area contributed by atoms with Crippen molar-refractivity contribution in [2.45, 2.75) is 41.3 Å². The van der Waals surface area contributed by atoms with Gasteiger partial charge < -0.3 is 0 Å². The largest absolute Gasteiger partial charge is 0.475 e. The summed E-state index contributed by atoms with van der Waals surface area (Å²) in [5, 5.41) is 9.21. The molecule has 0 fully saturated rings. The molecule has 0 amide bonds. The van der Waals surface area contributed by atoms with Crippen molar-refractivity contribution in [1.82, 2.24) is 0 Å². The van der Waals surface area contributed by atoms with Gasteiger partial charge in [-0.05, 0) is 16.1 Å². The van der Waals surface area contributed by atoms with E-state index in [0.717, 1.165) is 12.1 Å². The Hall–Kier alpha value is -2.02. The zero-order valence-electron chi connectivity index (χ0n) is 15.8. The molecule has 0 radical (unpaired) electrons. The van der Waals surface area contributed by atoms with Crippen LogP contribution < -0.4 is 0 Å². The Morgan fingerprint density at radius 2 is 1.41 bits per heavy atom. The molecule has 0 N–H and O–H groups in total. The van der Waals surface area contributed by atoms with Crippen LogP contribution in [-0.4, -0.2) is 33.7 Å². The van der Waals surface area contributed by atoms with Crippen LogP contribution in [-0.2, 0) is 16.2 Å². The maximum Gasteiger partial charge on any atom is 0.475 e. The van der Waals surface area contributed by atoms with E-state index in [-0.39, 0.29) is 6.08 Å². The minimum Gasteiger partial charge on any atom is -0.246 e. The summed E-state index contributed by atoms with van der Waals surface area (Å²) in [6, 6.07) is 3.87. The summed E-state index contributed by atoms with van der Waals surface area (Å²) in [6.45, 7) is 0. The maximum absolute atomic E-state index is 15.8. The Morgan fingerprint density at radius 1 is 0.882 bits per heavy atom. The summed E-state index contributed by atoms with van der Waals surface area (Å²) in [5.41, 5.74) is -19.3. The summed E-state index contributed by atoms with van der Waals surface area (Å²) in [5.74, 6) is -7.26. The van der Waals surface area contributed by atoms with Gasteiger partial charge in [-0.15, -0.1) is 0 Å². The molecule has 0 saturated heterocycles. The molecular formula is C18H8BrF12NOS. The summed E-state index contributed by atoms with van der Waals surface area (Å²) in [7, 11) is -4.24. The maximum atomic E-state index is 15.8. The van der Waals surface area contributed by atoms with Crippen LogP contribution in [0.4, 0.5) is 52.7 Å². The number of hydrogen-bond donors (Lipinski definition) is 0. The average molecular weight is 594 g/mol. The van der Waals surface area contributed by atoms with Gasteiger partial charge >= 0.3 is 23.8 Å². The monoisotopic (exact) mass is 593 g/mol. The number of hydrogen-bond acceptors (Lipinski definition) is 2. The first kappa shape index (κ1) is 28.2. The van der Waals surface area contributed by atoms with Gasteiger partial charge in [0.2, 0.25) is 0 Å². The van der Waals surface area contributed by atoms with Crippen molar-refractivity contribution < 1.29 is 56.9 Å². The quantitative estimate of drug-likeness (QED) is 0.349. The first-order chi connectivity index (χ1) is 15.2. The highest BCUT2D eigenvalue weighted by atomic mass is 79.9. The molecule has 0 saturated carbocycles. The van der Waals surface area contributed by atoms with E-state index in [4.69, 9.17) is 0 Å². The van der Waals surface area contributed by atoms with Gasteiger partial charge in [-0.2, -0.15) is 53.6 Å². The highest BCUT2D eigenvalue weighted by Crippen LogP contribution is 2.64. The molecular weight excluding hydrogens is 586 g/mol. The summed E-state index contributed by atoms with van der Waals surface area (Å²) < 4.78 is 176. The Bertz CT molecular complexity index is 1100. The molecule has 1 aromatic carbocycles. The Balaban J connectivity index is 3.21. The van der Waals surface area contributed by atoms with Crippen molar-refractivity contribution in [2.24, 2.45) is 0 Å². The molecule has 188 valence electrons. The Kier molecular flexibility index (Phi) is 7.12. The normalized spacial score (nSPS) is 22.8. The molecule has 1 aromatic rings. The standard InChI is InChI=1S/C18H8BrF12NOS/c19-10-5-11(34(33)18(29,30)31)7-13(6-10,12-4-2-1-3-9(12)8-32)14(20,16(23,24)25)15(21,22)17(26,27)28/h1-4,6-7H,5H2.